The van der Waals surface area contributed by atoms with Crippen LogP contribution in [0.4, 0.5) is 4.39 Å². The van der Waals surface area contributed by atoms with Gasteiger partial charge in [0.25, 0.3) is 5.56 Å². The van der Waals surface area contributed by atoms with E-state index in [9.17, 15) is 23.9 Å². The van der Waals surface area contributed by atoms with Crippen LogP contribution in [0, 0.1) is 12.7 Å². The Morgan fingerprint density at radius 1 is 1.29 bits per heavy atom. The third kappa shape index (κ3) is 5.20. The number of hydrogen-bond donors (Lipinski definition) is 1. The lowest BCUT2D eigenvalue weighted by Gasteiger charge is -2.30. The first-order valence-corrected chi connectivity index (χ1v) is 14.0. The van der Waals surface area contributed by atoms with Crippen molar-refractivity contribution in [3.63, 3.8) is 0 Å². The summed E-state index contributed by atoms with van der Waals surface area (Å²) in [5.41, 5.74) is -2.47. The Kier molecular flexibility index (Phi) is 7.86. The molecule has 1 aliphatic rings. The number of aryl methyl sites for hydroxylation is 1. The summed E-state index contributed by atoms with van der Waals surface area (Å²) in [4.78, 5) is 40.5. The fraction of sp³-hybridized carbons (Fsp3) is 0.429. The van der Waals surface area contributed by atoms with Crippen molar-refractivity contribution in [3.05, 3.63) is 74.4 Å². The zero-order chi connectivity index (χ0) is 29.5. The molecule has 0 spiro atoms. The van der Waals surface area contributed by atoms with Crippen LogP contribution in [0.5, 0.6) is 5.75 Å². The third-order valence-electron chi connectivity index (χ3n) is 7.39. The van der Waals surface area contributed by atoms with Crippen molar-refractivity contribution in [2.75, 3.05) is 20.3 Å². The van der Waals surface area contributed by atoms with E-state index in [0.717, 1.165) is 4.57 Å². The maximum absolute atomic E-state index is 14.6. The van der Waals surface area contributed by atoms with Crippen molar-refractivity contribution in [3.8, 4) is 10.8 Å². The van der Waals surface area contributed by atoms with E-state index in [1.54, 1.807) is 30.1 Å². The minimum absolute atomic E-state index is 0.138. The number of hydrogen-bond acceptors (Lipinski definition) is 8. The predicted molar refractivity (Wildman–Crippen MR) is 150 cm³/mol. The highest BCUT2D eigenvalue weighted by atomic mass is 32.1. The van der Waals surface area contributed by atoms with Gasteiger partial charge in [0.15, 0.2) is 0 Å². The highest BCUT2D eigenvalue weighted by Crippen LogP contribution is 2.35. The molecule has 1 aliphatic heterocycles. The van der Waals surface area contributed by atoms with Gasteiger partial charge in [-0.2, -0.15) is 5.10 Å². The Bertz CT molecular complexity index is 1700. The zero-order valence-electron chi connectivity index (χ0n) is 23.1. The number of halogens is 1. The quantitative estimate of drug-likeness (QED) is 0.315. The number of carbonyl (C=O) groups is 1. The number of carboxylic acids is 1. The van der Waals surface area contributed by atoms with Crippen molar-refractivity contribution < 1.29 is 28.5 Å². The van der Waals surface area contributed by atoms with Crippen LogP contribution in [0.1, 0.15) is 43.9 Å². The van der Waals surface area contributed by atoms with Crippen molar-refractivity contribution in [1.29, 1.82) is 0 Å². The van der Waals surface area contributed by atoms with E-state index in [0.29, 0.717) is 52.8 Å². The number of rotatable bonds is 9. The van der Waals surface area contributed by atoms with Crippen LogP contribution < -0.4 is 16.0 Å². The molecule has 13 heteroatoms. The summed E-state index contributed by atoms with van der Waals surface area (Å²) < 4.78 is 35.7. The molecule has 0 aliphatic carbocycles. The highest BCUT2D eigenvalue weighted by Gasteiger charge is 2.36. The molecule has 0 saturated carbocycles. The Balaban J connectivity index is 1.77. The zero-order valence-corrected chi connectivity index (χ0v) is 23.9. The normalized spacial score (nSPS) is 15.3. The number of carboxylic acid groups (broad SMARTS) is 1. The number of aromatic nitrogens is 4. The van der Waals surface area contributed by atoms with Gasteiger partial charge < -0.3 is 19.3 Å². The largest absolute Gasteiger partial charge is 0.496 e. The van der Waals surface area contributed by atoms with Gasteiger partial charge in [-0.15, -0.1) is 0 Å². The number of ether oxygens (including phenoxy) is 3. The Morgan fingerprint density at radius 3 is 2.66 bits per heavy atom. The maximum atomic E-state index is 14.6. The average molecular weight is 587 g/mol. The predicted octanol–water partition coefficient (Wildman–Crippen LogP) is 3.62. The van der Waals surface area contributed by atoms with Crippen LogP contribution in [-0.2, 0) is 26.4 Å². The summed E-state index contributed by atoms with van der Waals surface area (Å²) in [7, 11) is 1.46. The topological polar surface area (TPSA) is 127 Å². The van der Waals surface area contributed by atoms with Gasteiger partial charge in [-0.25, -0.2) is 23.2 Å². The fourth-order valence-corrected chi connectivity index (χ4v) is 6.32. The van der Waals surface area contributed by atoms with Crippen molar-refractivity contribution in [2.45, 2.75) is 57.9 Å². The molecule has 1 fully saturated rings. The number of aliphatic carboxylic acids is 1. The van der Waals surface area contributed by atoms with E-state index in [-0.39, 0.29) is 18.0 Å². The average Bonchev–Trinajstić information content (AvgIpc) is 3.59. The van der Waals surface area contributed by atoms with E-state index in [1.165, 1.54) is 55.1 Å². The van der Waals surface area contributed by atoms with Gasteiger partial charge >= 0.3 is 11.7 Å². The SMILES string of the molecule is COc1ccc(F)cc1[C@H](Cn1c(=O)n(C(C)(C)C(=O)O)c(=O)c2c(C)c(-n3cccn3)sc21)OC1CCOCC1. The lowest BCUT2D eigenvalue weighted by Crippen LogP contribution is -2.52. The summed E-state index contributed by atoms with van der Waals surface area (Å²) in [5, 5.41) is 15.1. The first-order valence-electron chi connectivity index (χ1n) is 13.1. The molecule has 4 heterocycles. The van der Waals surface area contributed by atoms with Gasteiger partial charge in [-0.1, -0.05) is 11.3 Å². The summed E-state index contributed by atoms with van der Waals surface area (Å²) in [5.74, 6) is -1.49. The van der Waals surface area contributed by atoms with E-state index in [4.69, 9.17) is 14.2 Å². The molecule has 1 saturated heterocycles. The molecule has 0 radical (unpaired) electrons. The minimum Gasteiger partial charge on any atom is -0.496 e. The molecule has 11 nitrogen and oxygen atoms in total. The summed E-state index contributed by atoms with van der Waals surface area (Å²) in [6.07, 6.45) is 3.40. The lowest BCUT2D eigenvalue weighted by molar-refractivity contribution is -0.146. The van der Waals surface area contributed by atoms with Gasteiger partial charge in [-0.3, -0.25) is 9.36 Å². The minimum atomic E-state index is -1.86. The number of nitrogens with zero attached hydrogens (tertiary/aromatic N) is 4. The number of methoxy groups -OCH3 is 1. The summed E-state index contributed by atoms with van der Waals surface area (Å²) in [6.45, 7) is 5.19. The summed E-state index contributed by atoms with van der Waals surface area (Å²) in [6, 6.07) is 5.80. The van der Waals surface area contributed by atoms with Gasteiger partial charge in [0.1, 0.15) is 33.0 Å². The molecular formula is C28H31FN4O7S. The first kappa shape index (κ1) is 28.7. The highest BCUT2D eigenvalue weighted by molar-refractivity contribution is 7.21. The summed E-state index contributed by atoms with van der Waals surface area (Å²) >= 11 is 1.18. The van der Waals surface area contributed by atoms with Crippen LogP contribution in [0.25, 0.3) is 15.2 Å². The number of thiophene rings is 1. The second kappa shape index (κ2) is 11.2. The maximum Gasteiger partial charge on any atom is 0.333 e. The van der Waals surface area contributed by atoms with E-state index >= 15 is 0 Å². The van der Waals surface area contributed by atoms with Crippen LogP contribution in [0.3, 0.4) is 0 Å². The van der Waals surface area contributed by atoms with E-state index in [2.05, 4.69) is 5.10 Å². The van der Waals surface area contributed by atoms with E-state index in [1.807, 2.05) is 0 Å². The van der Waals surface area contributed by atoms with Gasteiger partial charge in [-0.05, 0) is 57.9 Å². The van der Waals surface area contributed by atoms with Crippen LogP contribution in [0.15, 0.2) is 46.2 Å². The smallest absolute Gasteiger partial charge is 0.333 e. The Hall–Kier alpha value is -3.81. The Morgan fingerprint density at radius 2 is 2.02 bits per heavy atom. The van der Waals surface area contributed by atoms with Crippen molar-refractivity contribution in [1.82, 2.24) is 18.9 Å². The molecule has 3 aromatic heterocycles. The molecule has 0 amide bonds. The molecular weight excluding hydrogens is 555 g/mol. The molecule has 0 bridgehead atoms. The van der Waals surface area contributed by atoms with Gasteiger partial charge in [0, 0.05) is 36.7 Å². The van der Waals surface area contributed by atoms with Crippen LogP contribution in [-0.4, -0.2) is 56.4 Å². The number of benzene rings is 1. The standard InChI is InChI=1S/C28H31FN4O7S/c1-16-22-23(34)33(28(2,3)26(35)36)27(37)31(25(22)41-24(16)32-11-5-10-30-32)15-21(40-18-8-12-39-13-9-18)19-14-17(29)6-7-20(19)38-4/h5-7,10-11,14,18,21H,8-9,12-13,15H2,1-4H3,(H,35,36)/t21-/m0/s1. The second-order valence-corrected chi connectivity index (χ2v) is 11.4. The van der Waals surface area contributed by atoms with Crippen molar-refractivity contribution in [2.24, 2.45) is 0 Å². The molecule has 1 atom stereocenters. The number of fused-ring (bicyclic) bond motifs is 1. The van der Waals surface area contributed by atoms with E-state index < -0.39 is 34.7 Å². The molecule has 1 N–H and O–H groups in total. The molecule has 1 aromatic carbocycles. The molecule has 218 valence electrons. The third-order valence-corrected chi connectivity index (χ3v) is 8.70. The van der Waals surface area contributed by atoms with Crippen molar-refractivity contribution >= 4 is 27.5 Å². The molecule has 5 rings (SSSR count). The first-order chi connectivity index (χ1) is 19.5. The van der Waals surface area contributed by atoms with Gasteiger partial charge in [0.05, 0.1) is 25.1 Å². The monoisotopic (exact) mass is 586 g/mol. The lowest BCUT2D eigenvalue weighted by atomic mass is 10.0. The van der Waals surface area contributed by atoms with Crippen LogP contribution in [0.2, 0.25) is 0 Å². The Labute approximate surface area is 238 Å². The van der Waals surface area contributed by atoms with Crippen LogP contribution >= 0.6 is 11.3 Å². The molecule has 0 unspecified atom stereocenters. The fourth-order valence-electron chi connectivity index (χ4n) is 5.07. The molecule has 41 heavy (non-hydrogen) atoms. The van der Waals surface area contributed by atoms with Gasteiger partial charge in [0.2, 0.25) is 0 Å². The second-order valence-electron chi connectivity index (χ2n) is 10.4. The molecule has 4 aromatic rings.